The molecule has 0 heterocycles. The quantitative estimate of drug-likeness (QED) is 0.885. The SMILES string of the molecule is Cc1cc(C)c(NC(=O)CNC(=O)[C@H]2C[C@@H]2C)c(C)c1. The van der Waals surface area contributed by atoms with Crippen LogP contribution >= 0.6 is 0 Å². The van der Waals surface area contributed by atoms with Crippen LogP contribution in [0.5, 0.6) is 0 Å². The molecule has 0 aliphatic heterocycles. The average molecular weight is 274 g/mol. The molecule has 2 atom stereocenters. The molecule has 4 heteroatoms. The summed E-state index contributed by atoms with van der Waals surface area (Å²) in [5.74, 6) is 0.372. The molecule has 0 spiro atoms. The number of nitrogens with one attached hydrogen (secondary N) is 2. The molecule has 0 bridgehead atoms. The normalized spacial score (nSPS) is 20.4. The largest absolute Gasteiger partial charge is 0.347 e. The van der Waals surface area contributed by atoms with Crippen molar-refractivity contribution in [2.75, 3.05) is 11.9 Å². The summed E-state index contributed by atoms with van der Waals surface area (Å²) in [5, 5.41) is 5.57. The first kappa shape index (κ1) is 14.6. The van der Waals surface area contributed by atoms with Crippen LogP contribution in [0.4, 0.5) is 5.69 Å². The van der Waals surface area contributed by atoms with Crippen LogP contribution in [-0.4, -0.2) is 18.4 Å². The van der Waals surface area contributed by atoms with Gasteiger partial charge in [-0.2, -0.15) is 0 Å². The van der Waals surface area contributed by atoms with Gasteiger partial charge in [0.2, 0.25) is 11.8 Å². The van der Waals surface area contributed by atoms with E-state index in [0.717, 1.165) is 23.2 Å². The third-order valence-electron chi connectivity index (χ3n) is 3.81. The second-order valence-corrected chi connectivity index (χ2v) is 5.86. The lowest BCUT2D eigenvalue weighted by molar-refractivity contribution is -0.125. The molecule has 0 saturated heterocycles. The molecule has 1 aromatic carbocycles. The summed E-state index contributed by atoms with van der Waals surface area (Å²) in [6.45, 7) is 8.06. The Morgan fingerprint density at radius 2 is 1.75 bits per heavy atom. The van der Waals surface area contributed by atoms with Crippen LogP contribution in [0.3, 0.4) is 0 Å². The van der Waals surface area contributed by atoms with E-state index in [0.29, 0.717) is 5.92 Å². The van der Waals surface area contributed by atoms with Gasteiger partial charge in [0.1, 0.15) is 0 Å². The van der Waals surface area contributed by atoms with Gasteiger partial charge < -0.3 is 10.6 Å². The highest BCUT2D eigenvalue weighted by Gasteiger charge is 2.38. The molecule has 1 aliphatic carbocycles. The van der Waals surface area contributed by atoms with Gasteiger partial charge in [-0.05, 0) is 44.2 Å². The van der Waals surface area contributed by atoms with Crippen LogP contribution in [0, 0.1) is 32.6 Å². The lowest BCUT2D eigenvalue weighted by Gasteiger charge is -2.13. The zero-order chi connectivity index (χ0) is 14.9. The first-order valence-electron chi connectivity index (χ1n) is 7.04. The Bertz CT molecular complexity index is 528. The second kappa shape index (κ2) is 5.65. The summed E-state index contributed by atoms with van der Waals surface area (Å²) in [6.07, 6.45) is 0.934. The van der Waals surface area contributed by atoms with Crippen molar-refractivity contribution in [1.82, 2.24) is 5.32 Å². The molecule has 1 fully saturated rings. The Morgan fingerprint density at radius 3 is 2.25 bits per heavy atom. The van der Waals surface area contributed by atoms with Crippen molar-refractivity contribution < 1.29 is 9.59 Å². The number of benzene rings is 1. The molecule has 2 rings (SSSR count). The zero-order valence-corrected chi connectivity index (χ0v) is 12.5. The summed E-state index contributed by atoms with van der Waals surface area (Å²) in [6, 6.07) is 4.07. The Morgan fingerprint density at radius 1 is 1.20 bits per heavy atom. The molecule has 0 aromatic heterocycles. The molecular weight excluding hydrogens is 252 g/mol. The topological polar surface area (TPSA) is 58.2 Å². The minimum Gasteiger partial charge on any atom is -0.347 e. The van der Waals surface area contributed by atoms with Gasteiger partial charge in [-0.1, -0.05) is 24.6 Å². The molecular formula is C16H22N2O2. The van der Waals surface area contributed by atoms with Crippen molar-refractivity contribution >= 4 is 17.5 Å². The average Bonchev–Trinajstić information content (AvgIpc) is 3.08. The van der Waals surface area contributed by atoms with Crippen LogP contribution in [-0.2, 0) is 9.59 Å². The number of hydrogen-bond acceptors (Lipinski definition) is 2. The van der Waals surface area contributed by atoms with Crippen molar-refractivity contribution in [2.45, 2.75) is 34.1 Å². The fourth-order valence-electron chi connectivity index (χ4n) is 2.55. The smallest absolute Gasteiger partial charge is 0.243 e. The maximum absolute atomic E-state index is 11.9. The standard InChI is InChI=1S/C16H22N2O2/c1-9-5-11(3)15(12(4)6-9)18-14(19)8-17-16(20)13-7-10(13)2/h5-6,10,13H,7-8H2,1-4H3,(H,17,20)(H,18,19)/t10-,13-/m0/s1. The molecule has 1 aromatic rings. The van der Waals surface area contributed by atoms with Gasteiger partial charge in [0, 0.05) is 11.6 Å². The van der Waals surface area contributed by atoms with Crippen LogP contribution in [0.15, 0.2) is 12.1 Å². The lowest BCUT2D eigenvalue weighted by atomic mass is 10.1. The highest BCUT2D eigenvalue weighted by atomic mass is 16.2. The molecule has 0 radical (unpaired) electrons. The molecule has 2 amide bonds. The fraction of sp³-hybridized carbons (Fsp3) is 0.500. The molecule has 2 N–H and O–H groups in total. The summed E-state index contributed by atoms with van der Waals surface area (Å²) < 4.78 is 0. The summed E-state index contributed by atoms with van der Waals surface area (Å²) >= 11 is 0. The zero-order valence-electron chi connectivity index (χ0n) is 12.5. The van der Waals surface area contributed by atoms with Crippen LogP contribution < -0.4 is 10.6 Å². The van der Waals surface area contributed by atoms with Gasteiger partial charge >= 0.3 is 0 Å². The summed E-state index contributed by atoms with van der Waals surface area (Å²) in [4.78, 5) is 23.6. The highest BCUT2D eigenvalue weighted by Crippen LogP contribution is 2.37. The van der Waals surface area contributed by atoms with Crippen molar-refractivity contribution in [3.63, 3.8) is 0 Å². The number of amides is 2. The van der Waals surface area contributed by atoms with E-state index < -0.39 is 0 Å². The Hall–Kier alpha value is -1.84. The van der Waals surface area contributed by atoms with E-state index in [-0.39, 0.29) is 24.3 Å². The van der Waals surface area contributed by atoms with Gasteiger partial charge in [0.05, 0.1) is 6.54 Å². The van der Waals surface area contributed by atoms with Crippen LogP contribution in [0.2, 0.25) is 0 Å². The number of carbonyl (C=O) groups is 2. The number of carbonyl (C=O) groups excluding carboxylic acids is 2. The number of hydrogen-bond donors (Lipinski definition) is 2. The minimum atomic E-state index is -0.179. The van der Waals surface area contributed by atoms with Gasteiger partial charge in [0.15, 0.2) is 0 Å². The van der Waals surface area contributed by atoms with E-state index in [4.69, 9.17) is 0 Å². The fourth-order valence-corrected chi connectivity index (χ4v) is 2.55. The molecule has 4 nitrogen and oxygen atoms in total. The maximum atomic E-state index is 11.9. The highest BCUT2D eigenvalue weighted by molar-refractivity contribution is 5.96. The lowest BCUT2D eigenvalue weighted by Crippen LogP contribution is -2.34. The maximum Gasteiger partial charge on any atom is 0.243 e. The molecule has 108 valence electrons. The first-order valence-corrected chi connectivity index (χ1v) is 7.04. The third kappa shape index (κ3) is 3.38. The first-order chi connectivity index (χ1) is 9.38. The van der Waals surface area contributed by atoms with Gasteiger partial charge in [-0.3, -0.25) is 9.59 Å². The molecule has 1 aliphatic rings. The van der Waals surface area contributed by atoms with E-state index in [9.17, 15) is 9.59 Å². The van der Waals surface area contributed by atoms with E-state index in [1.54, 1.807) is 0 Å². The monoisotopic (exact) mass is 274 g/mol. The van der Waals surface area contributed by atoms with Gasteiger partial charge in [-0.15, -0.1) is 0 Å². The summed E-state index contributed by atoms with van der Waals surface area (Å²) in [7, 11) is 0. The van der Waals surface area contributed by atoms with Crippen molar-refractivity contribution in [3.8, 4) is 0 Å². The molecule has 20 heavy (non-hydrogen) atoms. The predicted octanol–water partition coefficient (Wildman–Crippen LogP) is 2.32. The number of anilines is 1. The van der Waals surface area contributed by atoms with Crippen molar-refractivity contribution in [3.05, 3.63) is 28.8 Å². The van der Waals surface area contributed by atoms with E-state index in [2.05, 4.69) is 10.6 Å². The molecule has 1 saturated carbocycles. The summed E-state index contributed by atoms with van der Waals surface area (Å²) in [5.41, 5.74) is 4.10. The van der Waals surface area contributed by atoms with Gasteiger partial charge in [0.25, 0.3) is 0 Å². The van der Waals surface area contributed by atoms with E-state index in [1.165, 1.54) is 5.56 Å². The van der Waals surface area contributed by atoms with E-state index in [1.807, 2.05) is 39.8 Å². The van der Waals surface area contributed by atoms with Gasteiger partial charge in [-0.25, -0.2) is 0 Å². The second-order valence-electron chi connectivity index (χ2n) is 5.86. The third-order valence-corrected chi connectivity index (χ3v) is 3.81. The minimum absolute atomic E-state index is 0.00926. The van der Waals surface area contributed by atoms with Crippen molar-refractivity contribution in [2.24, 2.45) is 11.8 Å². The van der Waals surface area contributed by atoms with Crippen LogP contribution in [0.25, 0.3) is 0 Å². The Kier molecular flexibility index (Phi) is 4.12. The van der Waals surface area contributed by atoms with Crippen LogP contribution in [0.1, 0.15) is 30.0 Å². The Labute approximate surface area is 119 Å². The Balaban J connectivity index is 1.90. The van der Waals surface area contributed by atoms with Crippen molar-refractivity contribution in [1.29, 1.82) is 0 Å². The molecule has 0 unspecified atom stereocenters. The number of rotatable bonds is 4. The van der Waals surface area contributed by atoms with E-state index >= 15 is 0 Å². The number of aryl methyl sites for hydroxylation is 3. The predicted molar refractivity (Wildman–Crippen MR) is 79.6 cm³/mol.